The normalized spacial score (nSPS) is 55.9. The van der Waals surface area contributed by atoms with Crippen molar-refractivity contribution >= 4 is 0 Å². The van der Waals surface area contributed by atoms with Crippen LogP contribution in [-0.4, -0.2) is 11.2 Å². The third kappa shape index (κ3) is 0.646. The number of allylic oxidation sites excluding steroid dienone is 2. The third-order valence-corrected chi connectivity index (χ3v) is 4.46. The highest BCUT2D eigenvalue weighted by Gasteiger charge is 2.55. The molecule has 1 nitrogen and oxygen atoms in total. The van der Waals surface area contributed by atoms with Gasteiger partial charge in [-0.05, 0) is 49.4 Å². The maximum absolute atomic E-state index is 9.81. The summed E-state index contributed by atoms with van der Waals surface area (Å²) in [6.45, 7) is 0. The largest absolute Gasteiger partial charge is 0.393 e. The summed E-state index contributed by atoms with van der Waals surface area (Å²) in [6.07, 6.45) is 11.0. The summed E-state index contributed by atoms with van der Waals surface area (Å²) in [5, 5.41) is 9.81. The van der Waals surface area contributed by atoms with E-state index in [1.54, 1.807) is 0 Å². The van der Waals surface area contributed by atoms with Gasteiger partial charge in [-0.2, -0.15) is 0 Å². The SMILES string of the molecule is OC1CCC23C=CCC2CCC13. The molecular formula is C11H16O. The molecule has 2 fully saturated rings. The Labute approximate surface area is 73.5 Å². The van der Waals surface area contributed by atoms with Gasteiger partial charge in [-0.15, -0.1) is 0 Å². The smallest absolute Gasteiger partial charge is 0.0577 e. The van der Waals surface area contributed by atoms with Crippen LogP contribution in [-0.2, 0) is 0 Å². The molecule has 3 rings (SSSR count). The van der Waals surface area contributed by atoms with Gasteiger partial charge >= 0.3 is 0 Å². The molecule has 0 aromatic rings. The van der Waals surface area contributed by atoms with Gasteiger partial charge in [0.05, 0.1) is 6.10 Å². The molecule has 0 aliphatic heterocycles. The molecule has 0 aromatic heterocycles. The van der Waals surface area contributed by atoms with Crippen molar-refractivity contribution in [3.05, 3.63) is 12.2 Å². The zero-order chi connectivity index (χ0) is 8.18. The first-order chi connectivity index (χ1) is 5.83. The van der Waals surface area contributed by atoms with E-state index >= 15 is 0 Å². The first-order valence-corrected chi connectivity index (χ1v) is 5.19. The molecule has 0 aromatic carbocycles. The number of aliphatic hydroxyl groups is 1. The van der Waals surface area contributed by atoms with Crippen LogP contribution in [0.5, 0.6) is 0 Å². The third-order valence-electron chi connectivity index (χ3n) is 4.46. The van der Waals surface area contributed by atoms with Gasteiger partial charge in [0.2, 0.25) is 0 Å². The fraction of sp³-hybridized carbons (Fsp3) is 0.818. The van der Waals surface area contributed by atoms with E-state index in [9.17, 15) is 5.11 Å². The van der Waals surface area contributed by atoms with Crippen molar-refractivity contribution in [2.24, 2.45) is 17.3 Å². The van der Waals surface area contributed by atoms with Gasteiger partial charge in [0.25, 0.3) is 0 Å². The van der Waals surface area contributed by atoms with Gasteiger partial charge in [-0.1, -0.05) is 12.2 Å². The monoisotopic (exact) mass is 164 g/mol. The Hall–Kier alpha value is -0.300. The second-order valence-corrected chi connectivity index (χ2v) is 4.74. The zero-order valence-electron chi connectivity index (χ0n) is 7.37. The summed E-state index contributed by atoms with van der Waals surface area (Å²) < 4.78 is 0. The minimum Gasteiger partial charge on any atom is -0.393 e. The van der Waals surface area contributed by atoms with Crippen LogP contribution < -0.4 is 0 Å². The van der Waals surface area contributed by atoms with Gasteiger partial charge in [0.1, 0.15) is 0 Å². The highest BCUT2D eigenvalue weighted by atomic mass is 16.3. The second-order valence-electron chi connectivity index (χ2n) is 4.74. The Bertz CT molecular complexity index is 233. The molecule has 66 valence electrons. The van der Waals surface area contributed by atoms with Crippen molar-refractivity contribution in [3.63, 3.8) is 0 Å². The van der Waals surface area contributed by atoms with E-state index in [-0.39, 0.29) is 6.10 Å². The molecule has 0 heterocycles. The second kappa shape index (κ2) is 2.14. The molecule has 1 heteroatoms. The summed E-state index contributed by atoms with van der Waals surface area (Å²) in [6, 6.07) is 0. The Morgan fingerprint density at radius 2 is 2.17 bits per heavy atom. The fourth-order valence-corrected chi connectivity index (χ4v) is 3.89. The summed E-state index contributed by atoms with van der Waals surface area (Å²) in [5.41, 5.74) is 0.458. The van der Waals surface area contributed by atoms with Crippen LogP contribution in [0.1, 0.15) is 32.1 Å². The Kier molecular flexibility index (Phi) is 1.27. The Balaban J connectivity index is 2.01. The van der Waals surface area contributed by atoms with Crippen molar-refractivity contribution in [3.8, 4) is 0 Å². The number of hydrogen-bond donors (Lipinski definition) is 1. The highest BCUT2D eigenvalue weighted by Crippen LogP contribution is 2.61. The lowest BCUT2D eigenvalue weighted by molar-refractivity contribution is 0.107. The number of hydrogen-bond acceptors (Lipinski definition) is 1. The van der Waals surface area contributed by atoms with Gasteiger partial charge in [0, 0.05) is 0 Å². The molecule has 3 aliphatic carbocycles. The van der Waals surface area contributed by atoms with E-state index in [2.05, 4.69) is 12.2 Å². The van der Waals surface area contributed by atoms with Crippen LogP contribution in [0.25, 0.3) is 0 Å². The van der Waals surface area contributed by atoms with Crippen LogP contribution >= 0.6 is 0 Å². The molecule has 3 aliphatic rings. The maximum Gasteiger partial charge on any atom is 0.0577 e. The van der Waals surface area contributed by atoms with E-state index in [0.29, 0.717) is 11.3 Å². The summed E-state index contributed by atoms with van der Waals surface area (Å²) in [5.74, 6) is 1.50. The molecule has 0 bridgehead atoms. The van der Waals surface area contributed by atoms with Crippen LogP contribution in [0, 0.1) is 17.3 Å². The highest BCUT2D eigenvalue weighted by molar-refractivity contribution is 5.20. The minimum absolute atomic E-state index is 0.0118. The molecule has 0 amide bonds. The minimum atomic E-state index is 0.0118. The van der Waals surface area contributed by atoms with Crippen LogP contribution in [0.2, 0.25) is 0 Å². The van der Waals surface area contributed by atoms with E-state index in [1.165, 1.54) is 25.7 Å². The van der Waals surface area contributed by atoms with Gasteiger partial charge < -0.3 is 5.11 Å². The maximum atomic E-state index is 9.81. The molecule has 2 saturated carbocycles. The molecule has 0 saturated heterocycles. The standard InChI is InChI=1S/C11H16O/c12-10-5-7-11-6-1-2-8(11)3-4-9(10)11/h1,6,8-10,12H,2-5,7H2. The van der Waals surface area contributed by atoms with Crippen molar-refractivity contribution in [2.75, 3.05) is 0 Å². The lowest BCUT2D eigenvalue weighted by atomic mass is 9.76. The van der Waals surface area contributed by atoms with Crippen LogP contribution in [0.4, 0.5) is 0 Å². The number of aliphatic hydroxyl groups excluding tert-OH is 1. The average molecular weight is 164 g/mol. The Morgan fingerprint density at radius 1 is 1.25 bits per heavy atom. The summed E-state index contributed by atoms with van der Waals surface area (Å²) in [4.78, 5) is 0. The summed E-state index contributed by atoms with van der Waals surface area (Å²) >= 11 is 0. The van der Waals surface area contributed by atoms with Gasteiger partial charge in [-0.3, -0.25) is 0 Å². The topological polar surface area (TPSA) is 20.2 Å². The van der Waals surface area contributed by atoms with Crippen molar-refractivity contribution < 1.29 is 5.11 Å². The lowest BCUT2D eigenvalue weighted by Crippen LogP contribution is -2.25. The molecule has 1 N–H and O–H groups in total. The van der Waals surface area contributed by atoms with E-state index in [4.69, 9.17) is 0 Å². The van der Waals surface area contributed by atoms with E-state index < -0.39 is 0 Å². The van der Waals surface area contributed by atoms with Gasteiger partial charge in [0.15, 0.2) is 0 Å². The van der Waals surface area contributed by atoms with Crippen molar-refractivity contribution in [1.82, 2.24) is 0 Å². The lowest BCUT2D eigenvalue weighted by Gasteiger charge is -2.28. The van der Waals surface area contributed by atoms with Crippen LogP contribution in [0.3, 0.4) is 0 Å². The average Bonchev–Trinajstić information content (AvgIpc) is 2.62. The molecule has 0 radical (unpaired) electrons. The van der Waals surface area contributed by atoms with Gasteiger partial charge in [-0.25, -0.2) is 0 Å². The summed E-state index contributed by atoms with van der Waals surface area (Å²) in [7, 11) is 0. The quantitative estimate of drug-likeness (QED) is 0.544. The predicted molar refractivity (Wildman–Crippen MR) is 47.6 cm³/mol. The van der Waals surface area contributed by atoms with Crippen molar-refractivity contribution in [1.29, 1.82) is 0 Å². The molecule has 12 heavy (non-hydrogen) atoms. The molecule has 4 atom stereocenters. The first kappa shape index (κ1) is 7.14. The first-order valence-electron chi connectivity index (χ1n) is 5.19. The zero-order valence-corrected chi connectivity index (χ0v) is 7.37. The molecular weight excluding hydrogens is 148 g/mol. The predicted octanol–water partition coefficient (Wildman–Crippen LogP) is 2.11. The molecule has 1 spiro atoms. The van der Waals surface area contributed by atoms with Crippen LogP contribution in [0.15, 0.2) is 12.2 Å². The van der Waals surface area contributed by atoms with E-state index in [1.807, 2.05) is 0 Å². The Morgan fingerprint density at radius 3 is 3.08 bits per heavy atom. The molecule has 4 unspecified atom stereocenters. The number of rotatable bonds is 0. The van der Waals surface area contributed by atoms with E-state index in [0.717, 1.165) is 12.3 Å². The fourth-order valence-electron chi connectivity index (χ4n) is 3.89. The van der Waals surface area contributed by atoms with Crippen molar-refractivity contribution in [2.45, 2.75) is 38.2 Å².